The summed E-state index contributed by atoms with van der Waals surface area (Å²) in [5.41, 5.74) is -0.286. The van der Waals surface area contributed by atoms with Gasteiger partial charge in [-0.3, -0.25) is 9.59 Å². The van der Waals surface area contributed by atoms with Crippen molar-refractivity contribution in [2.24, 2.45) is 5.92 Å². The van der Waals surface area contributed by atoms with Crippen molar-refractivity contribution >= 4 is 17.6 Å². The maximum atomic E-state index is 13.4. The van der Waals surface area contributed by atoms with Crippen LogP contribution in [-0.2, 0) is 14.3 Å². The fraction of sp³-hybridized carbons (Fsp3) is 0.375. The molecule has 0 spiro atoms. The van der Waals surface area contributed by atoms with Gasteiger partial charge in [0.1, 0.15) is 11.6 Å². The van der Waals surface area contributed by atoms with Crippen molar-refractivity contribution < 1.29 is 23.1 Å². The first-order valence-corrected chi connectivity index (χ1v) is 7.08. The molecule has 2 rings (SSSR count). The number of nitrogens with one attached hydrogen (secondary N) is 1. The summed E-state index contributed by atoms with van der Waals surface area (Å²) in [6.45, 7) is 1.38. The van der Waals surface area contributed by atoms with Crippen LogP contribution < -0.4 is 5.32 Å². The molecule has 0 saturated heterocycles. The molecule has 6 heteroatoms. The Morgan fingerprint density at radius 3 is 2.86 bits per heavy atom. The number of hydrogen-bond donors (Lipinski definition) is 1. The Morgan fingerprint density at radius 2 is 2.18 bits per heavy atom. The molecule has 0 aliphatic heterocycles. The van der Waals surface area contributed by atoms with Crippen LogP contribution in [-0.4, -0.2) is 18.0 Å². The molecule has 1 amide bonds. The number of anilines is 1. The zero-order chi connectivity index (χ0) is 16.1. The van der Waals surface area contributed by atoms with E-state index in [4.69, 9.17) is 4.74 Å². The number of ether oxygens (including phenoxy) is 1. The Labute approximate surface area is 127 Å². The van der Waals surface area contributed by atoms with Crippen molar-refractivity contribution in [1.29, 1.82) is 0 Å². The largest absolute Gasteiger partial charge is 0.453 e. The summed E-state index contributed by atoms with van der Waals surface area (Å²) in [6, 6.07) is 2.72. The van der Waals surface area contributed by atoms with Crippen LogP contribution in [0.5, 0.6) is 0 Å². The van der Waals surface area contributed by atoms with Gasteiger partial charge in [-0.2, -0.15) is 0 Å². The highest BCUT2D eigenvalue weighted by molar-refractivity contribution is 5.95. The second-order valence-corrected chi connectivity index (χ2v) is 5.22. The second kappa shape index (κ2) is 7.15. The zero-order valence-electron chi connectivity index (χ0n) is 12.1. The van der Waals surface area contributed by atoms with Crippen LogP contribution in [0.4, 0.5) is 14.5 Å². The van der Waals surface area contributed by atoms with Crippen LogP contribution in [0.15, 0.2) is 30.4 Å². The van der Waals surface area contributed by atoms with Crippen molar-refractivity contribution in [3.05, 3.63) is 42.0 Å². The van der Waals surface area contributed by atoms with Gasteiger partial charge < -0.3 is 10.1 Å². The van der Waals surface area contributed by atoms with Crippen LogP contribution in [0.25, 0.3) is 0 Å². The van der Waals surface area contributed by atoms with Crippen LogP contribution in [0.3, 0.4) is 0 Å². The molecule has 0 fully saturated rings. The zero-order valence-corrected chi connectivity index (χ0v) is 12.1. The Hall–Kier alpha value is -2.24. The van der Waals surface area contributed by atoms with E-state index >= 15 is 0 Å². The van der Waals surface area contributed by atoms with Crippen LogP contribution >= 0.6 is 0 Å². The molecule has 118 valence electrons. The standard InChI is InChI=1S/C16H17F2NO3/c1-10(22-15(20)8-11-4-2-3-5-11)16(21)19-14-9-12(17)6-7-13(14)18/h2,4,6-7,9-11H,3,5,8H2,1H3,(H,19,21)/t10-,11-/m1/s1. The molecule has 0 bridgehead atoms. The number of carbonyl (C=O) groups is 2. The third-order valence-corrected chi connectivity index (χ3v) is 3.40. The monoisotopic (exact) mass is 309 g/mol. The summed E-state index contributed by atoms with van der Waals surface area (Å²) in [7, 11) is 0. The van der Waals surface area contributed by atoms with E-state index in [1.807, 2.05) is 12.2 Å². The van der Waals surface area contributed by atoms with Gasteiger partial charge >= 0.3 is 5.97 Å². The normalized spacial score (nSPS) is 18.0. The van der Waals surface area contributed by atoms with E-state index in [0.717, 1.165) is 31.0 Å². The lowest BCUT2D eigenvalue weighted by molar-refractivity contribution is -0.153. The molecule has 4 nitrogen and oxygen atoms in total. The molecule has 1 aromatic rings. The van der Waals surface area contributed by atoms with E-state index in [9.17, 15) is 18.4 Å². The van der Waals surface area contributed by atoms with Gasteiger partial charge in [0.15, 0.2) is 6.10 Å². The van der Waals surface area contributed by atoms with E-state index in [1.165, 1.54) is 6.92 Å². The average Bonchev–Trinajstić information content (AvgIpc) is 2.95. The van der Waals surface area contributed by atoms with Gasteiger partial charge in [-0.15, -0.1) is 0 Å². The SMILES string of the molecule is C[C@@H](OC(=O)C[C@@H]1C=CCC1)C(=O)Nc1cc(F)ccc1F. The molecule has 1 aliphatic rings. The summed E-state index contributed by atoms with van der Waals surface area (Å²) in [5, 5.41) is 2.20. The molecular formula is C16H17F2NO3. The predicted molar refractivity (Wildman–Crippen MR) is 77.0 cm³/mol. The first kappa shape index (κ1) is 16.1. The summed E-state index contributed by atoms with van der Waals surface area (Å²) in [6.07, 6.45) is 4.91. The highest BCUT2D eigenvalue weighted by Gasteiger charge is 2.21. The topological polar surface area (TPSA) is 55.4 Å². The lowest BCUT2D eigenvalue weighted by atomic mass is 10.1. The third kappa shape index (κ3) is 4.38. The highest BCUT2D eigenvalue weighted by Crippen LogP contribution is 2.21. The smallest absolute Gasteiger partial charge is 0.307 e. The minimum Gasteiger partial charge on any atom is -0.453 e. The van der Waals surface area contributed by atoms with E-state index < -0.39 is 29.6 Å². The fourth-order valence-corrected chi connectivity index (χ4v) is 2.21. The van der Waals surface area contributed by atoms with Gasteiger partial charge in [0, 0.05) is 6.07 Å². The van der Waals surface area contributed by atoms with Crippen molar-refractivity contribution in [2.45, 2.75) is 32.3 Å². The van der Waals surface area contributed by atoms with Gasteiger partial charge in [-0.1, -0.05) is 12.2 Å². The predicted octanol–water partition coefficient (Wildman–Crippen LogP) is 3.19. The van der Waals surface area contributed by atoms with E-state index in [2.05, 4.69) is 5.32 Å². The summed E-state index contributed by atoms with van der Waals surface area (Å²) < 4.78 is 31.5. The molecule has 0 heterocycles. The lowest BCUT2D eigenvalue weighted by Crippen LogP contribution is -2.30. The van der Waals surface area contributed by atoms with Gasteiger partial charge in [0.2, 0.25) is 0 Å². The average molecular weight is 309 g/mol. The maximum Gasteiger partial charge on any atom is 0.307 e. The van der Waals surface area contributed by atoms with E-state index in [0.29, 0.717) is 0 Å². The molecule has 1 N–H and O–H groups in total. The van der Waals surface area contributed by atoms with E-state index in [1.54, 1.807) is 0 Å². The molecule has 1 aliphatic carbocycles. The molecular weight excluding hydrogens is 292 g/mol. The first-order chi connectivity index (χ1) is 10.5. The maximum absolute atomic E-state index is 13.4. The Morgan fingerprint density at radius 1 is 1.41 bits per heavy atom. The number of allylic oxidation sites excluding steroid dienone is 2. The van der Waals surface area contributed by atoms with Crippen LogP contribution in [0.2, 0.25) is 0 Å². The first-order valence-electron chi connectivity index (χ1n) is 7.08. The second-order valence-electron chi connectivity index (χ2n) is 5.22. The fourth-order valence-electron chi connectivity index (χ4n) is 2.21. The molecule has 22 heavy (non-hydrogen) atoms. The molecule has 0 aromatic heterocycles. The number of halogens is 2. The number of hydrogen-bond acceptors (Lipinski definition) is 3. The molecule has 0 radical (unpaired) electrons. The summed E-state index contributed by atoms with van der Waals surface area (Å²) in [4.78, 5) is 23.6. The Bertz CT molecular complexity index is 601. The number of esters is 1. The minimum atomic E-state index is -1.08. The number of carbonyl (C=O) groups excluding carboxylic acids is 2. The number of benzene rings is 1. The van der Waals surface area contributed by atoms with Gasteiger partial charge in [0.25, 0.3) is 5.91 Å². The third-order valence-electron chi connectivity index (χ3n) is 3.40. The van der Waals surface area contributed by atoms with Crippen molar-refractivity contribution in [2.75, 3.05) is 5.32 Å². The van der Waals surface area contributed by atoms with Crippen molar-refractivity contribution in [3.8, 4) is 0 Å². The Kier molecular flexibility index (Phi) is 5.25. The van der Waals surface area contributed by atoms with Crippen molar-refractivity contribution in [3.63, 3.8) is 0 Å². The molecule has 1 aromatic carbocycles. The summed E-state index contributed by atoms with van der Waals surface area (Å²) >= 11 is 0. The molecule has 0 saturated carbocycles. The lowest BCUT2D eigenvalue weighted by Gasteiger charge is -2.15. The Balaban J connectivity index is 1.87. The van der Waals surface area contributed by atoms with E-state index in [-0.39, 0.29) is 18.0 Å². The molecule has 2 atom stereocenters. The minimum absolute atomic E-state index is 0.142. The van der Waals surface area contributed by atoms with Gasteiger partial charge in [0.05, 0.1) is 12.1 Å². The summed E-state index contributed by atoms with van der Waals surface area (Å²) in [5.74, 6) is -2.49. The van der Waals surface area contributed by atoms with Crippen LogP contribution in [0, 0.1) is 17.6 Å². The highest BCUT2D eigenvalue weighted by atomic mass is 19.1. The van der Waals surface area contributed by atoms with Gasteiger partial charge in [-0.25, -0.2) is 8.78 Å². The van der Waals surface area contributed by atoms with Gasteiger partial charge in [-0.05, 0) is 37.8 Å². The number of amides is 1. The number of rotatable bonds is 5. The quantitative estimate of drug-likeness (QED) is 0.671. The molecule has 0 unspecified atom stereocenters. The van der Waals surface area contributed by atoms with Crippen molar-refractivity contribution in [1.82, 2.24) is 0 Å². The van der Waals surface area contributed by atoms with Crippen LogP contribution in [0.1, 0.15) is 26.2 Å².